The van der Waals surface area contributed by atoms with Crippen LogP contribution in [0.5, 0.6) is 0 Å². The maximum Gasteiger partial charge on any atom is 0.411 e. The maximum atomic E-state index is 11.7. The van der Waals surface area contributed by atoms with Gasteiger partial charge in [0.25, 0.3) is 0 Å². The van der Waals surface area contributed by atoms with Gasteiger partial charge >= 0.3 is 6.18 Å². The van der Waals surface area contributed by atoms with Crippen LogP contribution in [-0.2, 0) is 4.74 Å². The van der Waals surface area contributed by atoms with Crippen LogP contribution in [-0.4, -0.2) is 50.0 Å². The number of hydrogen-bond donors (Lipinski definition) is 1. The molecule has 0 aliphatic rings. The van der Waals surface area contributed by atoms with Gasteiger partial charge in [-0.3, -0.25) is 4.90 Å². The van der Waals surface area contributed by atoms with E-state index in [4.69, 9.17) is 5.73 Å². The molecule has 0 bridgehead atoms. The predicted molar refractivity (Wildman–Crippen MR) is 57.3 cm³/mol. The molecular weight excluding hydrogens is 221 g/mol. The molecule has 0 aliphatic carbocycles. The lowest BCUT2D eigenvalue weighted by molar-refractivity contribution is -0.174. The van der Waals surface area contributed by atoms with Crippen molar-refractivity contribution >= 4 is 0 Å². The molecule has 16 heavy (non-hydrogen) atoms. The first kappa shape index (κ1) is 15.7. The summed E-state index contributed by atoms with van der Waals surface area (Å²) in [6, 6.07) is 0.353. The molecule has 2 N–H and O–H groups in total. The van der Waals surface area contributed by atoms with E-state index in [2.05, 4.69) is 9.64 Å². The second kappa shape index (κ2) is 7.86. The van der Waals surface area contributed by atoms with Gasteiger partial charge in [0, 0.05) is 32.3 Å². The molecule has 0 saturated heterocycles. The average Bonchev–Trinajstić information content (AvgIpc) is 2.13. The third-order valence-corrected chi connectivity index (χ3v) is 2.15. The van der Waals surface area contributed by atoms with E-state index in [1.54, 1.807) is 0 Å². The molecule has 0 saturated carbocycles. The fourth-order valence-corrected chi connectivity index (χ4v) is 1.35. The first-order valence-corrected chi connectivity index (χ1v) is 5.45. The first-order valence-electron chi connectivity index (χ1n) is 5.45. The number of halogens is 3. The van der Waals surface area contributed by atoms with Crippen LogP contribution in [0.25, 0.3) is 0 Å². The van der Waals surface area contributed by atoms with Crippen LogP contribution in [0.2, 0.25) is 0 Å². The summed E-state index contributed by atoms with van der Waals surface area (Å²) >= 11 is 0. The molecule has 0 aromatic rings. The molecule has 0 rings (SSSR count). The summed E-state index contributed by atoms with van der Waals surface area (Å²) in [4.78, 5) is 2.12. The van der Waals surface area contributed by atoms with Crippen LogP contribution < -0.4 is 5.73 Å². The van der Waals surface area contributed by atoms with Crippen LogP contribution in [0.3, 0.4) is 0 Å². The van der Waals surface area contributed by atoms with Crippen LogP contribution >= 0.6 is 0 Å². The highest BCUT2D eigenvalue weighted by Crippen LogP contribution is 2.14. The van der Waals surface area contributed by atoms with Crippen molar-refractivity contribution in [3.8, 4) is 0 Å². The van der Waals surface area contributed by atoms with Gasteiger partial charge in [0.1, 0.15) is 6.61 Å². The molecule has 0 aliphatic heterocycles. The van der Waals surface area contributed by atoms with Gasteiger partial charge in [-0.15, -0.1) is 0 Å². The van der Waals surface area contributed by atoms with Gasteiger partial charge in [0.15, 0.2) is 0 Å². The molecule has 0 aromatic heterocycles. The van der Waals surface area contributed by atoms with E-state index in [0.717, 1.165) is 6.54 Å². The number of hydrogen-bond acceptors (Lipinski definition) is 3. The van der Waals surface area contributed by atoms with E-state index in [9.17, 15) is 13.2 Å². The quantitative estimate of drug-likeness (QED) is 0.657. The van der Waals surface area contributed by atoms with Crippen LogP contribution in [0.15, 0.2) is 0 Å². The molecule has 0 heterocycles. The third kappa shape index (κ3) is 8.94. The molecule has 6 heteroatoms. The molecule has 0 spiro atoms. The molecule has 0 amide bonds. The maximum absolute atomic E-state index is 11.7. The second-order valence-corrected chi connectivity index (χ2v) is 3.94. The SMILES string of the molecule is CC(C)N(CCN)CCCOCC(F)(F)F. The van der Waals surface area contributed by atoms with Crippen molar-refractivity contribution < 1.29 is 17.9 Å². The van der Waals surface area contributed by atoms with Crippen molar-refractivity contribution in [2.45, 2.75) is 32.5 Å². The lowest BCUT2D eigenvalue weighted by Gasteiger charge is -2.25. The Kier molecular flexibility index (Phi) is 7.70. The molecular formula is C10H21F3N2O. The number of nitrogens with zero attached hydrogens (tertiary/aromatic N) is 1. The zero-order valence-electron chi connectivity index (χ0n) is 9.89. The fraction of sp³-hybridized carbons (Fsp3) is 1.00. The van der Waals surface area contributed by atoms with E-state index in [-0.39, 0.29) is 6.61 Å². The van der Waals surface area contributed by atoms with Crippen molar-refractivity contribution in [3.63, 3.8) is 0 Å². The minimum atomic E-state index is -4.23. The Balaban J connectivity index is 3.55. The summed E-state index contributed by atoms with van der Waals surface area (Å²) in [5.74, 6) is 0. The number of ether oxygens (including phenoxy) is 1. The topological polar surface area (TPSA) is 38.5 Å². The highest BCUT2D eigenvalue weighted by atomic mass is 19.4. The van der Waals surface area contributed by atoms with E-state index in [1.807, 2.05) is 13.8 Å². The standard InChI is InChI=1S/C10H21F3N2O/c1-9(2)15(6-4-14)5-3-7-16-8-10(11,12)13/h9H,3-8,14H2,1-2H3. The summed E-state index contributed by atoms with van der Waals surface area (Å²) < 4.78 is 39.7. The van der Waals surface area contributed by atoms with Crippen LogP contribution in [0, 0.1) is 0 Å². The smallest absolute Gasteiger partial charge is 0.372 e. The third-order valence-electron chi connectivity index (χ3n) is 2.15. The first-order chi connectivity index (χ1) is 7.37. The van der Waals surface area contributed by atoms with Gasteiger partial charge in [0.05, 0.1) is 0 Å². The van der Waals surface area contributed by atoms with Gasteiger partial charge in [0.2, 0.25) is 0 Å². The summed E-state index contributed by atoms with van der Waals surface area (Å²) in [5, 5.41) is 0. The lowest BCUT2D eigenvalue weighted by Crippen LogP contribution is -2.36. The minimum Gasteiger partial charge on any atom is -0.372 e. The van der Waals surface area contributed by atoms with Crippen molar-refractivity contribution in [3.05, 3.63) is 0 Å². The van der Waals surface area contributed by atoms with Crippen LogP contribution in [0.1, 0.15) is 20.3 Å². The summed E-state index contributed by atoms with van der Waals surface area (Å²) in [5.41, 5.74) is 5.43. The number of rotatable bonds is 8. The van der Waals surface area contributed by atoms with E-state index >= 15 is 0 Å². The normalized spacial score (nSPS) is 12.8. The highest BCUT2D eigenvalue weighted by Gasteiger charge is 2.27. The van der Waals surface area contributed by atoms with E-state index in [1.165, 1.54) is 0 Å². The predicted octanol–water partition coefficient (Wildman–Crippen LogP) is 1.62. The number of nitrogens with two attached hydrogens (primary N) is 1. The second-order valence-electron chi connectivity index (χ2n) is 3.94. The van der Waals surface area contributed by atoms with Crippen molar-refractivity contribution in [1.29, 1.82) is 0 Å². The van der Waals surface area contributed by atoms with Gasteiger partial charge in [-0.1, -0.05) is 0 Å². The summed E-state index contributed by atoms with van der Waals surface area (Å²) in [6.07, 6.45) is -3.64. The van der Waals surface area contributed by atoms with Crippen molar-refractivity contribution in [1.82, 2.24) is 4.90 Å². The van der Waals surface area contributed by atoms with Gasteiger partial charge in [-0.25, -0.2) is 0 Å². The highest BCUT2D eigenvalue weighted by molar-refractivity contribution is 4.62. The lowest BCUT2D eigenvalue weighted by atomic mass is 10.3. The molecule has 0 atom stereocenters. The zero-order chi connectivity index (χ0) is 12.6. The molecule has 0 unspecified atom stereocenters. The van der Waals surface area contributed by atoms with E-state index in [0.29, 0.717) is 25.6 Å². The zero-order valence-corrected chi connectivity index (χ0v) is 9.89. The monoisotopic (exact) mass is 242 g/mol. The Morgan fingerprint density at radius 1 is 1.25 bits per heavy atom. The summed E-state index contributed by atoms with van der Waals surface area (Å²) in [6.45, 7) is 5.07. The van der Waals surface area contributed by atoms with E-state index < -0.39 is 12.8 Å². The Hall–Kier alpha value is -0.330. The minimum absolute atomic E-state index is 0.132. The molecule has 98 valence electrons. The summed E-state index contributed by atoms with van der Waals surface area (Å²) in [7, 11) is 0. The largest absolute Gasteiger partial charge is 0.411 e. The number of alkyl halides is 3. The molecule has 0 radical (unpaired) electrons. The van der Waals surface area contributed by atoms with Crippen molar-refractivity contribution in [2.75, 3.05) is 32.8 Å². The van der Waals surface area contributed by atoms with Gasteiger partial charge < -0.3 is 10.5 Å². The van der Waals surface area contributed by atoms with Gasteiger partial charge in [-0.05, 0) is 20.3 Å². The average molecular weight is 242 g/mol. The van der Waals surface area contributed by atoms with Crippen LogP contribution in [0.4, 0.5) is 13.2 Å². The molecule has 0 fully saturated rings. The van der Waals surface area contributed by atoms with Gasteiger partial charge in [-0.2, -0.15) is 13.2 Å². The Morgan fingerprint density at radius 3 is 2.31 bits per heavy atom. The Bertz CT molecular complexity index is 174. The molecule has 0 aromatic carbocycles. The Labute approximate surface area is 94.7 Å². The van der Waals surface area contributed by atoms with Crippen molar-refractivity contribution in [2.24, 2.45) is 5.73 Å². The fourth-order valence-electron chi connectivity index (χ4n) is 1.35. The Morgan fingerprint density at radius 2 is 1.88 bits per heavy atom. The molecule has 3 nitrogen and oxygen atoms in total.